The number of benzene rings is 1. The predicted molar refractivity (Wildman–Crippen MR) is 78.2 cm³/mol. The van der Waals surface area contributed by atoms with Gasteiger partial charge in [-0.05, 0) is 24.6 Å². The van der Waals surface area contributed by atoms with Crippen molar-refractivity contribution >= 4 is 22.4 Å². The molecule has 0 unspecified atom stereocenters. The summed E-state index contributed by atoms with van der Waals surface area (Å²) < 4.78 is 26.4. The van der Waals surface area contributed by atoms with E-state index in [1.165, 1.54) is 23.5 Å². The number of thiazole rings is 1. The molecule has 0 aliphatic carbocycles. The molecule has 21 heavy (non-hydrogen) atoms. The number of halogens is 2. The van der Waals surface area contributed by atoms with Crippen LogP contribution in [0.25, 0.3) is 0 Å². The molecular weight excluding hydrogens is 296 g/mol. The number of hydrogen-bond donors (Lipinski definition) is 2. The monoisotopic (exact) mass is 311 g/mol. The van der Waals surface area contributed by atoms with Gasteiger partial charge in [-0.2, -0.15) is 0 Å². The zero-order valence-electron chi connectivity index (χ0n) is 11.2. The summed E-state index contributed by atoms with van der Waals surface area (Å²) in [6.45, 7) is 0.459. The van der Waals surface area contributed by atoms with Crippen molar-refractivity contribution in [1.29, 1.82) is 0 Å². The normalized spacial score (nSPS) is 10.6. The van der Waals surface area contributed by atoms with Gasteiger partial charge in [0.1, 0.15) is 11.6 Å². The van der Waals surface area contributed by atoms with Crippen LogP contribution in [0.5, 0.6) is 0 Å². The number of carbonyl (C=O) groups excluding carboxylic acids is 1. The molecule has 7 heteroatoms. The van der Waals surface area contributed by atoms with E-state index in [1.807, 2.05) is 0 Å². The minimum absolute atomic E-state index is 0.144. The Morgan fingerprint density at radius 1 is 1.38 bits per heavy atom. The molecular formula is C14H15F2N3OS. The predicted octanol–water partition coefficient (Wildman–Crippen LogP) is 2.69. The van der Waals surface area contributed by atoms with E-state index in [2.05, 4.69) is 10.3 Å². The molecule has 112 valence electrons. The highest BCUT2D eigenvalue weighted by atomic mass is 32.1. The fourth-order valence-electron chi connectivity index (χ4n) is 1.74. The molecule has 0 aliphatic heterocycles. The first-order valence-electron chi connectivity index (χ1n) is 6.47. The first kappa shape index (κ1) is 15.5. The summed E-state index contributed by atoms with van der Waals surface area (Å²) in [4.78, 5) is 16.4. The maximum absolute atomic E-state index is 13.6. The van der Waals surface area contributed by atoms with Crippen molar-refractivity contribution in [2.45, 2.75) is 19.3 Å². The van der Waals surface area contributed by atoms with E-state index < -0.39 is 11.6 Å². The van der Waals surface area contributed by atoms with Crippen LogP contribution in [0.3, 0.4) is 0 Å². The third kappa shape index (κ3) is 4.57. The van der Waals surface area contributed by atoms with Crippen LogP contribution in [-0.4, -0.2) is 17.4 Å². The van der Waals surface area contributed by atoms with Crippen molar-refractivity contribution in [3.63, 3.8) is 0 Å². The summed E-state index contributed by atoms with van der Waals surface area (Å²) in [7, 11) is 0. The van der Waals surface area contributed by atoms with E-state index in [-0.39, 0.29) is 5.91 Å². The Morgan fingerprint density at radius 2 is 2.19 bits per heavy atom. The van der Waals surface area contributed by atoms with Crippen LogP contribution >= 0.6 is 11.3 Å². The molecule has 0 spiro atoms. The Hall–Kier alpha value is -1.86. The van der Waals surface area contributed by atoms with E-state index in [1.54, 1.807) is 6.20 Å². The van der Waals surface area contributed by atoms with E-state index in [0.29, 0.717) is 36.5 Å². The second kappa shape index (κ2) is 7.24. The third-order valence-electron chi connectivity index (χ3n) is 2.79. The van der Waals surface area contributed by atoms with Crippen molar-refractivity contribution < 1.29 is 13.6 Å². The van der Waals surface area contributed by atoms with Crippen molar-refractivity contribution in [1.82, 2.24) is 4.98 Å². The number of nitrogens with one attached hydrogen (secondary N) is 1. The van der Waals surface area contributed by atoms with Gasteiger partial charge in [0, 0.05) is 30.0 Å². The molecule has 0 saturated heterocycles. The highest BCUT2D eigenvalue weighted by molar-refractivity contribution is 7.15. The van der Waals surface area contributed by atoms with Crippen molar-refractivity contribution in [2.24, 2.45) is 5.73 Å². The van der Waals surface area contributed by atoms with Gasteiger partial charge in [-0.25, -0.2) is 13.8 Å². The van der Waals surface area contributed by atoms with E-state index >= 15 is 0 Å². The number of nitrogens with two attached hydrogens (primary N) is 1. The Kier molecular flexibility index (Phi) is 5.35. The van der Waals surface area contributed by atoms with Crippen LogP contribution in [0.2, 0.25) is 0 Å². The molecule has 2 rings (SSSR count). The molecule has 0 bridgehead atoms. The zero-order valence-corrected chi connectivity index (χ0v) is 12.1. The molecule has 3 N–H and O–H groups in total. The molecule has 4 nitrogen and oxygen atoms in total. The van der Waals surface area contributed by atoms with Crippen LogP contribution in [0, 0.1) is 11.6 Å². The lowest BCUT2D eigenvalue weighted by Crippen LogP contribution is -2.13. The highest BCUT2D eigenvalue weighted by Gasteiger charge is 2.09. The Bertz CT molecular complexity index is 630. The number of amides is 1. The Balaban J connectivity index is 1.98. The lowest BCUT2D eigenvalue weighted by Gasteiger charge is -2.01. The lowest BCUT2D eigenvalue weighted by molar-refractivity contribution is -0.116. The maximum Gasteiger partial charge on any atom is 0.226 e. The molecule has 1 aromatic heterocycles. The van der Waals surface area contributed by atoms with Gasteiger partial charge in [-0.15, -0.1) is 11.3 Å². The average Bonchev–Trinajstić information content (AvgIpc) is 2.87. The van der Waals surface area contributed by atoms with Crippen LogP contribution in [0.15, 0.2) is 24.4 Å². The van der Waals surface area contributed by atoms with Crippen molar-refractivity contribution in [2.75, 3.05) is 11.9 Å². The Morgan fingerprint density at radius 3 is 2.90 bits per heavy atom. The number of hydrogen-bond acceptors (Lipinski definition) is 4. The summed E-state index contributed by atoms with van der Waals surface area (Å²) >= 11 is 1.27. The molecule has 0 radical (unpaired) electrons. The molecule has 0 fully saturated rings. The van der Waals surface area contributed by atoms with Crippen LogP contribution in [0.1, 0.15) is 23.3 Å². The van der Waals surface area contributed by atoms with Gasteiger partial charge in [0.2, 0.25) is 5.91 Å². The second-order valence-electron chi connectivity index (χ2n) is 4.48. The van der Waals surface area contributed by atoms with Gasteiger partial charge >= 0.3 is 0 Å². The van der Waals surface area contributed by atoms with Gasteiger partial charge in [0.05, 0.1) is 0 Å². The standard InChI is InChI=1S/C14H15F2N3OS/c15-10-4-3-9(12(16)7-10)6-11-8-18-14(21-11)19-13(20)2-1-5-17/h3-4,7-8H,1-2,5-6,17H2,(H,18,19,20). The lowest BCUT2D eigenvalue weighted by atomic mass is 10.1. The molecule has 0 atom stereocenters. The van der Waals surface area contributed by atoms with Gasteiger partial charge in [0.25, 0.3) is 0 Å². The molecule has 0 aliphatic rings. The summed E-state index contributed by atoms with van der Waals surface area (Å²) in [6, 6.07) is 3.48. The SMILES string of the molecule is NCCCC(=O)Nc1ncc(Cc2ccc(F)cc2F)s1. The minimum atomic E-state index is -0.603. The summed E-state index contributed by atoms with van der Waals surface area (Å²) in [5, 5.41) is 3.13. The molecule has 2 aromatic rings. The first-order chi connectivity index (χ1) is 10.1. The average molecular weight is 311 g/mol. The molecule has 1 heterocycles. The number of anilines is 1. The van der Waals surface area contributed by atoms with Crippen molar-refractivity contribution in [3.8, 4) is 0 Å². The fraction of sp³-hybridized carbons (Fsp3) is 0.286. The highest BCUT2D eigenvalue weighted by Crippen LogP contribution is 2.22. The van der Waals surface area contributed by atoms with Gasteiger partial charge in [-0.1, -0.05) is 6.07 Å². The minimum Gasteiger partial charge on any atom is -0.330 e. The van der Waals surface area contributed by atoms with Crippen molar-refractivity contribution in [3.05, 3.63) is 46.5 Å². The largest absolute Gasteiger partial charge is 0.330 e. The molecule has 1 amide bonds. The van der Waals surface area contributed by atoms with Gasteiger partial charge in [-0.3, -0.25) is 4.79 Å². The quantitative estimate of drug-likeness (QED) is 0.862. The van der Waals surface area contributed by atoms with Crippen LogP contribution in [0.4, 0.5) is 13.9 Å². The first-order valence-corrected chi connectivity index (χ1v) is 7.28. The summed E-state index contributed by atoms with van der Waals surface area (Å²) in [5.74, 6) is -1.33. The number of aromatic nitrogens is 1. The van der Waals surface area contributed by atoms with E-state index in [4.69, 9.17) is 5.73 Å². The van der Waals surface area contributed by atoms with E-state index in [0.717, 1.165) is 10.9 Å². The maximum atomic E-state index is 13.6. The number of nitrogens with zero attached hydrogens (tertiary/aromatic N) is 1. The zero-order chi connectivity index (χ0) is 15.2. The topological polar surface area (TPSA) is 68.0 Å². The van der Waals surface area contributed by atoms with Crippen LogP contribution < -0.4 is 11.1 Å². The third-order valence-corrected chi connectivity index (χ3v) is 3.70. The number of rotatable bonds is 6. The van der Waals surface area contributed by atoms with E-state index in [9.17, 15) is 13.6 Å². The van der Waals surface area contributed by atoms with Gasteiger partial charge < -0.3 is 11.1 Å². The smallest absolute Gasteiger partial charge is 0.226 e. The Labute approximate surface area is 125 Å². The fourth-order valence-corrected chi connectivity index (χ4v) is 2.60. The second-order valence-corrected chi connectivity index (χ2v) is 5.60. The van der Waals surface area contributed by atoms with Gasteiger partial charge in [0.15, 0.2) is 5.13 Å². The molecule has 0 saturated carbocycles. The molecule has 1 aromatic carbocycles. The summed E-state index contributed by atoms with van der Waals surface area (Å²) in [6.07, 6.45) is 2.84. The van der Waals surface area contributed by atoms with Crippen LogP contribution in [-0.2, 0) is 11.2 Å². The summed E-state index contributed by atoms with van der Waals surface area (Å²) in [5.41, 5.74) is 5.72. The number of carbonyl (C=O) groups is 1.